The van der Waals surface area contributed by atoms with E-state index in [2.05, 4.69) is 32.6 Å². The lowest BCUT2D eigenvalue weighted by atomic mass is 9.87. The van der Waals surface area contributed by atoms with Gasteiger partial charge in [0, 0.05) is 25.7 Å². The summed E-state index contributed by atoms with van der Waals surface area (Å²) in [5.41, 5.74) is 6.34. The van der Waals surface area contributed by atoms with E-state index in [1.807, 2.05) is 0 Å². The van der Waals surface area contributed by atoms with E-state index in [4.69, 9.17) is 10.5 Å². The van der Waals surface area contributed by atoms with Gasteiger partial charge in [0.15, 0.2) is 0 Å². The molecule has 1 saturated heterocycles. The van der Waals surface area contributed by atoms with E-state index in [9.17, 15) is 0 Å². The predicted molar refractivity (Wildman–Crippen MR) is 59.3 cm³/mol. The molecule has 1 heterocycles. The number of ether oxygens (including phenoxy) is 1. The van der Waals surface area contributed by atoms with Crippen LogP contribution in [0.4, 0.5) is 0 Å². The smallest absolute Gasteiger partial charge is 0.0674 e. The van der Waals surface area contributed by atoms with Crippen molar-refractivity contribution in [2.24, 2.45) is 11.1 Å². The zero-order valence-corrected chi connectivity index (χ0v) is 9.92. The normalized spacial score (nSPS) is 27.6. The van der Waals surface area contributed by atoms with Crippen molar-refractivity contribution < 1.29 is 4.74 Å². The van der Waals surface area contributed by atoms with E-state index in [0.717, 1.165) is 26.2 Å². The minimum Gasteiger partial charge on any atom is -0.376 e. The average Bonchev–Trinajstić information content (AvgIpc) is 2.02. The standard InChI is InChI=1S/C11H24N2O/c1-9-7-13(5-6-14-9)8-10(12)11(2,3)4/h9-10H,5-8,12H2,1-4H3/t9?,10-/m1/s1. The van der Waals surface area contributed by atoms with Crippen molar-refractivity contribution in [3.8, 4) is 0 Å². The second kappa shape index (κ2) is 4.60. The predicted octanol–water partition coefficient (Wildman–Crippen LogP) is 1.08. The van der Waals surface area contributed by atoms with Crippen molar-refractivity contribution in [3.63, 3.8) is 0 Å². The molecule has 2 N–H and O–H groups in total. The Morgan fingerprint density at radius 1 is 1.50 bits per heavy atom. The van der Waals surface area contributed by atoms with Gasteiger partial charge in [-0.1, -0.05) is 20.8 Å². The van der Waals surface area contributed by atoms with Crippen molar-refractivity contribution in [2.75, 3.05) is 26.2 Å². The van der Waals surface area contributed by atoms with Gasteiger partial charge in [0.05, 0.1) is 12.7 Å². The maximum absolute atomic E-state index is 6.14. The van der Waals surface area contributed by atoms with Crippen LogP contribution in [0.15, 0.2) is 0 Å². The largest absolute Gasteiger partial charge is 0.376 e. The van der Waals surface area contributed by atoms with Crippen molar-refractivity contribution in [1.29, 1.82) is 0 Å². The SMILES string of the molecule is CC1CN(C[C@@H](N)C(C)(C)C)CCO1. The first kappa shape index (κ1) is 12.0. The lowest BCUT2D eigenvalue weighted by Crippen LogP contribution is -2.50. The maximum Gasteiger partial charge on any atom is 0.0674 e. The highest BCUT2D eigenvalue weighted by atomic mass is 16.5. The van der Waals surface area contributed by atoms with Crippen molar-refractivity contribution in [3.05, 3.63) is 0 Å². The molecule has 3 nitrogen and oxygen atoms in total. The third-order valence-electron chi connectivity index (χ3n) is 2.89. The van der Waals surface area contributed by atoms with Gasteiger partial charge < -0.3 is 10.5 Å². The number of nitrogens with zero attached hydrogens (tertiary/aromatic N) is 1. The van der Waals surface area contributed by atoms with Crippen LogP contribution in [0.3, 0.4) is 0 Å². The van der Waals surface area contributed by atoms with Crippen LogP contribution in [-0.2, 0) is 4.74 Å². The minimum atomic E-state index is 0.196. The Hall–Kier alpha value is -0.120. The summed E-state index contributed by atoms with van der Waals surface area (Å²) in [7, 11) is 0. The fourth-order valence-corrected chi connectivity index (χ4v) is 1.61. The first-order valence-electron chi connectivity index (χ1n) is 5.49. The van der Waals surface area contributed by atoms with Crippen LogP contribution in [-0.4, -0.2) is 43.3 Å². The molecule has 0 aliphatic carbocycles. The van der Waals surface area contributed by atoms with Gasteiger partial charge in [-0.3, -0.25) is 4.90 Å². The lowest BCUT2D eigenvalue weighted by Gasteiger charge is -2.36. The molecule has 1 rings (SSSR count). The summed E-state index contributed by atoms with van der Waals surface area (Å²) in [6.07, 6.45) is 0.357. The van der Waals surface area contributed by atoms with Crippen LogP contribution < -0.4 is 5.73 Å². The molecule has 0 radical (unpaired) electrons. The van der Waals surface area contributed by atoms with Crippen LogP contribution in [0.1, 0.15) is 27.7 Å². The fourth-order valence-electron chi connectivity index (χ4n) is 1.61. The van der Waals surface area contributed by atoms with Crippen LogP contribution >= 0.6 is 0 Å². The number of morpholine rings is 1. The van der Waals surface area contributed by atoms with Crippen LogP contribution in [0.2, 0.25) is 0 Å². The van der Waals surface area contributed by atoms with Crippen LogP contribution in [0, 0.1) is 5.41 Å². The van der Waals surface area contributed by atoms with E-state index in [0.29, 0.717) is 6.10 Å². The molecule has 1 unspecified atom stereocenters. The number of hydrogen-bond acceptors (Lipinski definition) is 3. The molecule has 14 heavy (non-hydrogen) atoms. The zero-order chi connectivity index (χ0) is 10.8. The Morgan fingerprint density at radius 3 is 2.64 bits per heavy atom. The van der Waals surface area contributed by atoms with Crippen molar-refractivity contribution in [2.45, 2.75) is 39.8 Å². The Kier molecular flexibility index (Phi) is 3.93. The van der Waals surface area contributed by atoms with E-state index in [-0.39, 0.29) is 11.5 Å². The molecular weight excluding hydrogens is 176 g/mol. The molecule has 0 aromatic rings. The molecular formula is C11H24N2O. The van der Waals surface area contributed by atoms with Crippen molar-refractivity contribution >= 4 is 0 Å². The highest BCUT2D eigenvalue weighted by molar-refractivity contribution is 4.81. The summed E-state index contributed by atoms with van der Waals surface area (Å²) >= 11 is 0. The highest BCUT2D eigenvalue weighted by Crippen LogP contribution is 2.18. The van der Waals surface area contributed by atoms with Crippen LogP contribution in [0.5, 0.6) is 0 Å². The molecule has 0 aromatic heterocycles. The summed E-state index contributed by atoms with van der Waals surface area (Å²) < 4.78 is 5.49. The molecule has 84 valence electrons. The first-order chi connectivity index (χ1) is 6.39. The quantitative estimate of drug-likeness (QED) is 0.725. The third kappa shape index (κ3) is 3.56. The summed E-state index contributed by atoms with van der Waals surface area (Å²) in [6, 6.07) is 0.243. The van der Waals surface area contributed by atoms with E-state index < -0.39 is 0 Å². The molecule has 0 amide bonds. The van der Waals surface area contributed by atoms with Gasteiger partial charge in [-0.2, -0.15) is 0 Å². The molecule has 1 aliphatic rings. The summed E-state index contributed by atoms with van der Waals surface area (Å²) in [5, 5.41) is 0. The topological polar surface area (TPSA) is 38.5 Å². The zero-order valence-electron chi connectivity index (χ0n) is 9.92. The van der Waals surface area contributed by atoms with Gasteiger partial charge in [0.25, 0.3) is 0 Å². The van der Waals surface area contributed by atoms with Gasteiger partial charge in [0.1, 0.15) is 0 Å². The Labute approximate surface area is 87.6 Å². The molecule has 0 spiro atoms. The van der Waals surface area contributed by atoms with Gasteiger partial charge in [-0.15, -0.1) is 0 Å². The summed E-state index contributed by atoms with van der Waals surface area (Å²) in [5.74, 6) is 0. The molecule has 0 bridgehead atoms. The first-order valence-corrected chi connectivity index (χ1v) is 5.49. The molecule has 1 aliphatic heterocycles. The Bertz CT molecular complexity index is 177. The van der Waals surface area contributed by atoms with Gasteiger partial charge in [-0.05, 0) is 12.3 Å². The molecule has 3 heteroatoms. The lowest BCUT2D eigenvalue weighted by molar-refractivity contribution is -0.0232. The monoisotopic (exact) mass is 200 g/mol. The number of hydrogen-bond donors (Lipinski definition) is 1. The number of rotatable bonds is 2. The van der Waals surface area contributed by atoms with Gasteiger partial charge >= 0.3 is 0 Å². The summed E-state index contributed by atoms with van der Waals surface area (Å²) in [6.45, 7) is 12.6. The van der Waals surface area contributed by atoms with E-state index in [1.165, 1.54) is 0 Å². The van der Waals surface area contributed by atoms with Gasteiger partial charge in [0.2, 0.25) is 0 Å². The van der Waals surface area contributed by atoms with E-state index >= 15 is 0 Å². The Morgan fingerprint density at radius 2 is 2.14 bits per heavy atom. The maximum atomic E-state index is 6.14. The Balaban J connectivity index is 2.36. The molecule has 2 atom stereocenters. The fraction of sp³-hybridized carbons (Fsp3) is 1.00. The highest BCUT2D eigenvalue weighted by Gasteiger charge is 2.25. The molecule has 0 saturated carbocycles. The second-order valence-corrected chi connectivity index (χ2v) is 5.41. The molecule has 1 fully saturated rings. The van der Waals surface area contributed by atoms with Crippen LogP contribution in [0.25, 0.3) is 0 Å². The third-order valence-corrected chi connectivity index (χ3v) is 2.89. The summed E-state index contributed by atoms with van der Waals surface area (Å²) in [4.78, 5) is 2.41. The molecule has 0 aromatic carbocycles. The number of nitrogens with two attached hydrogens (primary N) is 1. The average molecular weight is 200 g/mol. The minimum absolute atomic E-state index is 0.196. The van der Waals surface area contributed by atoms with E-state index in [1.54, 1.807) is 0 Å². The van der Waals surface area contributed by atoms with Crippen molar-refractivity contribution in [1.82, 2.24) is 4.90 Å². The second-order valence-electron chi connectivity index (χ2n) is 5.41. The van der Waals surface area contributed by atoms with Gasteiger partial charge in [-0.25, -0.2) is 0 Å².